The first kappa shape index (κ1) is 13.1. The van der Waals surface area contributed by atoms with Crippen molar-refractivity contribution in [3.63, 3.8) is 0 Å². The summed E-state index contributed by atoms with van der Waals surface area (Å²) in [6, 6.07) is 6.09. The van der Waals surface area contributed by atoms with Gasteiger partial charge in [-0.15, -0.1) is 0 Å². The van der Waals surface area contributed by atoms with Crippen LogP contribution in [0.5, 0.6) is 0 Å². The molecule has 0 amide bonds. The molecule has 1 N–H and O–H groups in total. The molecular weight excluding hydrogens is 232 g/mol. The van der Waals surface area contributed by atoms with Crippen LogP contribution in [-0.2, 0) is 6.42 Å². The van der Waals surface area contributed by atoms with Crippen molar-refractivity contribution < 1.29 is 0 Å². The molecule has 0 aliphatic heterocycles. The third-order valence-electron chi connectivity index (χ3n) is 2.86. The number of imidazole rings is 1. The van der Waals surface area contributed by atoms with Gasteiger partial charge < -0.3 is 4.98 Å². The third kappa shape index (κ3) is 3.32. The van der Waals surface area contributed by atoms with Gasteiger partial charge in [0.1, 0.15) is 5.82 Å². The third-order valence-corrected chi connectivity index (χ3v) is 2.86. The smallest absolute Gasteiger partial charge is 0.111 e. The normalized spacial score (nSPS) is 12.2. The van der Waals surface area contributed by atoms with Gasteiger partial charge in [-0.1, -0.05) is 55.2 Å². The minimum Gasteiger partial charge on any atom is -0.342 e. The van der Waals surface area contributed by atoms with Gasteiger partial charge in [0.05, 0.1) is 11.0 Å². The van der Waals surface area contributed by atoms with E-state index in [1.807, 2.05) is 31.2 Å². The average molecular weight is 250 g/mol. The van der Waals surface area contributed by atoms with Gasteiger partial charge in [0.25, 0.3) is 0 Å². The van der Waals surface area contributed by atoms with Gasteiger partial charge in [-0.2, -0.15) is 0 Å². The Morgan fingerprint density at radius 1 is 1.37 bits per heavy atom. The Kier molecular flexibility index (Phi) is 4.14. The van der Waals surface area contributed by atoms with E-state index in [4.69, 9.17) is 0 Å². The summed E-state index contributed by atoms with van der Waals surface area (Å²) in [6.07, 6.45) is 10.6. The minimum absolute atomic E-state index is 0.792. The molecule has 2 nitrogen and oxygen atoms in total. The number of aromatic nitrogens is 2. The summed E-state index contributed by atoms with van der Waals surface area (Å²) < 4.78 is 0. The number of hydrogen-bond donors (Lipinski definition) is 1. The number of aromatic amines is 1. The quantitative estimate of drug-likeness (QED) is 0.781. The Labute approximate surface area is 113 Å². The molecule has 0 aliphatic carbocycles. The molecule has 0 radical (unpaired) electrons. The minimum atomic E-state index is 0.792. The highest BCUT2D eigenvalue weighted by molar-refractivity contribution is 5.78. The van der Waals surface area contributed by atoms with Crippen molar-refractivity contribution >= 4 is 17.1 Å². The Bertz CT molecular complexity index is 657. The van der Waals surface area contributed by atoms with E-state index in [9.17, 15) is 0 Å². The summed E-state index contributed by atoms with van der Waals surface area (Å²) in [7, 11) is 0. The second-order valence-electron chi connectivity index (χ2n) is 4.42. The van der Waals surface area contributed by atoms with Crippen molar-refractivity contribution in [2.75, 3.05) is 0 Å². The number of rotatable bonds is 5. The highest BCUT2D eigenvalue weighted by Gasteiger charge is 2.01. The second-order valence-corrected chi connectivity index (χ2v) is 4.42. The highest BCUT2D eigenvalue weighted by atomic mass is 14.9. The maximum absolute atomic E-state index is 4.55. The van der Waals surface area contributed by atoms with Crippen molar-refractivity contribution in [3.05, 3.63) is 72.6 Å². The molecule has 0 aliphatic rings. The lowest BCUT2D eigenvalue weighted by Gasteiger charge is -1.91. The van der Waals surface area contributed by atoms with Crippen molar-refractivity contribution in [3.8, 4) is 0 Å². The number of H-pyrrole nitrogens is 1. The van der Waals surface area contributed by atoms with Crippen LogP contribution >= 0.6 is 0 Å². The van der Waals surface area contributed by atoms with Crippen LogP contribution in [0.1, 0.15) is 18.3 Å². The molecule has 1 heterocycles. The highest BCUT2D eigenvalue weighted by Crippen LogP contribution is 2.15. The SMILES string of the molecule is C=C/C=C(C)\C=C/Cc1nc2ccc(C=C)cc2[nH]1. The topological polar surface area (TPSA) is 28.7 Å². The molecule has 1 aromatic heterocycles. The Morgan fingerprint density at radius 3 is 2.95 bits per heavy atom. The predicted octanol–water partition coefficient (Wildman–Crippen LogP) is 4.44. The van der Waals surface area contributed by atoms with E-state index in [1.54, 1.807) is 6.08 Å². The molecule has 19 heavy (non-hydrogen) atoms. The number of fused-ring (bicyclic) bond motifs is 1. The monoisotopic (exact) mass is 250 g/mol. The molecule has 0 spiro atoms. The lowest BCUT2D eigenvalue weighted by molar-refractivity contribution is 1.07. The first-order valence-electron chi connectivity index (χ1n) is 6.30. The lowest BCUT2D eigenvalue weighted by Crippen LogP contribution is -1.83. The zero-order chi connectivity index (χ0) is 13.7. The van der Waals surface area contributed by atoms with Gasteiger partial charge in [0.15, 0.2) is 0 Å². The van der Waals surface area contributed by atoms with E-state index in [1.165, 1.54) is 5.57 Å². The second kappa shape index (κ2) is 6.01. The maximum atomic E-state index is 4.55. The molecule has 0 atom stereocenters. The fraction of sp³-hybridized carbons (Fsp3) is 0.118. The van der Waals surface area contributed by atoms with Crippen LogP contribution in [-0.4, -0.2) is 9.97 Å². The molecule has 0 bridgehead atoms. The largest absolute Gasteiger partial charge is 0.342 e. The summed E-state index contributed by atoms with van der Waals surface area (Å²) in [5.74, 6) is 0.971. The van der Waals surface area contributed by atoms with Crippen LogP contribution in [0.25, 0.3) is 17.1 Å². The van der Waals surface area contributed by atoms with Gasteiger partial charge in [0.2, 0.25) is 0 Å². The van der Waals surface area contributed by atoms with Crippen molar-refractivity contribution in [2.45, 2.75) is 13.3 Å². The average Bonchev–Trinajstić information content (AvgIpc) is 2.80. The van der Waals surface area contributed by atoms with Gasteiger partial charge in [-0.05, 0) is 24.6 Å². The lowest BCUT2D eigenvalue weighted by atomic mass is 10.2. The first-order chi connectivity index (χ1) is 9.22. The van der Waals surface area contributed by atoms with Crippen molar-refractivity contribution in [1.82, 2.24) is 9.97 Å². The van der Waals surface area contributed by atoms with E-state index in [0.29, 0.717) is 0 Å². The molecule has 2 rings (SSSR count). The summed E-state index contributed by atoms with van der Waals surface area (Å²) in [5.41, 5.74) is 4.33. The predicted molar refractivity (Wildman–Crippen MR) is 83.0 cm³/mol. The van der Waals surface area contributed by atoms with Gasteiger partial charge in [-0.3, -0.25) is 0 Å². The van der Waals surface area contributed by atoms with E-state index in [-0.39, 0.29) is 0 Å². The van der Waals surface area contributed by atoms with E-state index in [0.717, 1.165) is 28.8 Å². The van der Waals surface area contributed by atoms with E-state index < -0.39 is 0 Å². The molecule has 0 saturated heterocycles. The van der Waals surface area contributed by atoms with Crippen LogP contribution in [0.15, 0.2) is 61.2 Å². The summed E-state index contributed by atoms with van der Waals surface area (Å²) >= 11 is 0. The fourth-order valence-electron chi connectivity index (χ4n) is 1.90. The summed E-state index contributed by atoms with van der Waals surface area (Å²) in [4.78, 5) is 7.88. The van der Waals surface area contributed by atoms with Gasteiger partial charge >= 0.3 is 0 Å². The molecule has 0 unspecified atom stereocenters. The number of nitrogens with zero attached hydrogens (tertiary/aromatic N) is 1. The zero-order valence-electron chi connectivity index (χ0n) is 11.2. The molecule has 96 valence electrons. The number of nitrogens with one attached hydrogen (secondary N) is 1. The Morgan fingerprint density at radius 2 is 2.21 bits per heavy atom. The summed E-state index contributed by atoms with van der Waals surface area (Å²) in [5, 5.41) is 0. The molecule has 0 fully saturated rings. The van der Waals surface area contributed by atoms with E-state index in [2.05, 4.69) is 41.3 Å². The molecule has 2 aromatic rings. The number of hydrogen-bond acceptors (Lipinski definition) is 1. The van der Waals surface area contributed by atoms with Crippen molar-refractivity contribution in [2.24, 2.45) is 0 Å². The van der Waals surface area contributed by atoms with Crippen molar-refractivity contribution in [1.29, 1.82) is 0 Å². The first-order valence-corrected chi connectivity index (χ1v) is 6.30. The van der Waals surface area contributed by atoms with E-state index >= 15 is 0 Å². The van der Waals surface area contributed by atoms with Crippen LogP contribution in [0.2, 0.25) is 0 Å². The molecule has 0 saturated carbocycles. The van der Waals surface area contributed by atoms with Crippen LogP contribution < -0.4 is 0 Å². The Balaban J connectivity index is 2.15. The van der Waals surface area contributed by atoms with Gasteiger partial charge in [-0.25, -0.2) is 4.98 Å². The standard InChI is InChI=1S/C17H18N2/c1-4-7-13(3)8-6-9-17-18-15-11-10-14(5-2)12-16(15)19-17/h4-8,10-12H,1-2,9H2,3H3,(H,18,19)/b8-6-,13-7-. The zero-order valence-corrected chi connectivity index (χ0v) is 11.2. The summed E-state index contributed by atoms with van der Waals surface area (Å²) in [6.45, 7) is 9.50. The van der Waals surface area contributed by atoms with Crippen LogP contribution in [0, 0.1) is 0 Å². The number of allylic oxidation sites excluding steroid dienone is 5. The Hall–Kier alpha value is -2.35. The van der Waals surface area contributed by atoms with Gasteiger partial charge in [0, 0.05) is 6.42 Å². The fourth-order valence-corrected chi connectivity index (χ4v) is 1.90. The maximum Gasteiger partial charge on any atom is 0.111 e. The number of benzene rings is 1. The molecular formula is C17H18N2. The van der Waals surface area contributed by atoms with Crippen LogP contribution in [0.4, 0.5) is 0 Å². The molecule has 1 aromatic carbocycles. The molecule has 2 heteroatoms. The van der Waals surface area contributed by atoms with Crippen LogP contribution in [0.3, 0.4) is 0 Å².